The molecule has 0 atom stereocenters. The number of rotatable bonds is 0. The van der Waals surface area contributed by atoms with E-state index in [0.29, 0.717) is 0 Å². The molecule has 0 aromatic heterocycles. The van der Waals surface area contributed by atoms with Crippen molar-refractivity contribution < 1.29 is 57.9 Å². The third-order valence-electron chi connectivity index (χ3n) is 0.507. The fourth-order valence-electron chi connectivity index (χ4n) is 0.0680. The Morgan fingerprint density at radius 1 is 0.867 bits per heavy atom. The van der Waals surface area contributed by atoms with E-state index in [2.05, 4.69) is 0 Å². The van der Waals surface area contributed by atoms with E-state index in [1.54, 1.807) is 0 Å². The molecule has 0 heterocycles. The molecule has 8 nitrogen and oxygen atoms in total. The number of carbonyl (C=O) groups is 2. The third kappa shape index (κ3) is 13.3. The second-order valence-corrected chi connectivity index (χ2v) is 2.46. The zero-order valence-electron chi connectivity index (χ0n) is 6.87. The summed E-state index contributed by atoms with van der Waals surface area (Å²) < 4.78 is 18.6. The van der Waals surface area contributed by atoms with Gasteiger partial charge in [0.2, 0.25) is 0 Å². The van der Waals surface area contributed by atoms with Crippen molar-refractivity contribution in [3.8, 4) is 0 Å². The predicted molar refractivity (Wildman–Crippen MR) is 41.6 cm³/mol. The summed E-state index contributed by atoms with van der Waals surface area (Å²) in [7, 11) is 0. The molecule has 0 rings (SSSR count). The van der Waals surface area contributed by atoms with Crippen molar-refractivity contribution in [1.29, 1.82) is 0 Å². The van der Waals surface area contributed by atoms with Crippen LogP contribution in [0.15, 0.2) is 0 Å². The molecule has 0 radical (unpaired) electrons. The Bertz CT molecular complexity index is 305. The fraction of sp³-hybridized carbons (Fsp3) is 0. The second kappa shape index (κ2) is 11.3. The number of hydrogen-bond donors (Lipinski definition) is 2. The third-order valence-corrected chi connectivity index (χ3v) is 1.16. The fourth-order valence-corrected chi connectivity index (χ4v) is 0.204. The number of aliphatic hydroxyl groups excluding tert-OH is 2. The van der Waals surface area contributed by atoms with Gasteiger partial charge in [0, 0.05) is 0 Å². The minimum Gasteiger partial charge on any atom is -0.542 e. The Morgan fingerprint density at radius 3 is 1.07 bits per heavy atom. The molecule has 15 heavy (non-hydrogen) atoms. The summed E-state index contributed by atoms with van der Waals surface area (Å²) in [5.74, 6) is -3.67. The van der Waals surface area contributed by atoms with Gasteiger partial charge in [-0.1, -0.05) is 0 Å². The monoisotopic (exact) mass is 306 g/mol. The van der Waals surface area contributed by atoms with E-state index in [1.807, 2.05) is 0 Å². The average Bonchev–Trinajstić information content (AvgIpc) is 2.15. The molecule has 0 saturated carbocycles. The smallest absolute Gasteiger partial charge is 0.542 e. The van der Waals surface area contributed by atoms with Crippen LogP contribution in [0.3, 0.4) is 0 Å². The van der Waals surface area contributed by atoms with Gasteiger partial charge < -0.3 is 30.0 Å². The van der Waals surface area contributed by atoms with Crippen molar-refractivity contribution in [2.24, 2.45) is 0 Å². The van der Waals surface area contributed by atoms with Crippen LogP contribution in [0.2, 0.25) is 0 Å². The van der Waals surface area contributed by atoms with Crippen LogP contribution in [0, 0.1) is 0 Å². The average molecular weight is 308 g/mol. The summed E-state index contributed by atoms with van der Waals surface area (Å²) in [6, 6.07) is 0. The van der Waals surface area contributed by atoms with E-state index < -0.39 is 44.6 Å². The number of aliphatic hydroxyl groups is 2. The largest absolute Gasteiger partial charge is 2.00 e. The molecule has 0 saturated heterocycles. The first kappa shape index (κ1) is 19.8. The molecule has 0 aromatic carbocycles. The van der Waals surface area contributed by atoms with Crippen LogP contribution in [0.1, 0.15) is 0 Å². The van der Waals surface area contributed by atoms with Crippen molar-refractivity contribution in [1.82, 2.24) is 0 Å². The molecule has 0 fully saturated rings. The maximum Gasteiger partial charge on any atom is 2.00 e. The van der Waals surface area contributed by atoms with E-state index in [9.17, 15) is 28.2 Å². The molecule has 0 aliphatic rings. The maximum atomic E-state index is 9.31. The van der Waals surface area contributed by atoms with Crippen molar-refractivity contribution in [3.05, 3.63) is 0 Å². The van der Waals surface area contributed by atoms with Crippen LogP contribution in [0.25, 0.3) is 0 Å². The van der Waals surface area contributed by atoms with Gasteiger partial charge in [0.05, 0.1) is 0 Å². The van der Waals surface area contributed by atoms with E-state index in [4.69, 9.17) is 10.2 Å². The predicted octanol–water partition coefficient (Wildman–Crippen LogP) is -4.73. The van der Waals surface area contributed by atoms with Crippen molar-refractivity contribution >= 4 is 44.6 Å². The summed E-state index contributed by atoms with van der Waals surface area (Å²) in [4.78, 5) is 18.6. The normalized spacial score (nSPS) is 7.07. The molecule has 0 aliphatic carbocycles. The first-order valence-corrected chi connectivity index (χ1v) is 3.99. The number of carboxylic acid groups (broad SMARTS) is 2. The summed E-state index contributed by atoms with van der Waals surface area (Å²) in [5, 5.41) is 31.8. The van der Waals surface area contributed by atoms with Crippen molar-refractivity contribution in [3.63, 3.8) is 0 Å². The quantitative estimate of drug-likeness (QED) is 0.334. The zero-order valence-corrected chi connectivity index (χ0v) is 11.5. The minimum atomic E-state index is -1.83. The van der Waals surface area contributed by atoms with E-state index >= 15 is 0 Å². The number of hydrogen-bond acceptors (Lipinski definition) is 6. The summed E-state index contributed by atoms with van der Waals surface area (Å²) in [5.41, 5.74) is 0. The van der Waals surface area contributed by atoms with Gasteiger partial charge in [0.25, 0.3) is 0 Å². The van der Waals surface area contributed by atoms with E-state index in [0.717, 1.165) is 0 Å². The molecule has 0 aliphatic heterocycles. The summed E-state index contributed by atoms with van der Waals surface area (Å²) >= 11 is -1.01. The van der Waals surface area contributed by atoms with Crippen LogP contribution in [-0.4, -0.2) is 40.7 Å². The van der Waals surface area contributed by atoms with Crippen molar-refractivity contribution in [2.75, 3.05) is 0 Å². The maximum absolute atomic E-state index is 9.31. The minimum absolute atomic E-state index is 0. The van der Waals surface area contributed by atoms with E-state index in [-0.39, 0.29) is 19.5 Å². The Morgan fingerprint density at radius 2 is 1.07 bits per heavy atom. The van der Waals surface area contributed by atoms with Gasteiger partial charge in [-0.15, -0.1) is 0 Å². The van der Waals surface area contributed by atoms with Gasteiger partial charge in [0.15, 0.2) is 10.1 Å². The Balaban J connectivity index is -0.000000180. The van der Waals surface area contributed by atoms with Gasteiger partial charge in [-0.05, 0) is 0 Å². The summed E-state index contributed by atoms with van der Waals surface area (Å²) in [6.45, 7) is 0. The molecule has 2 N–H and O–H groups in total. The first-order chi connectivity index (χ1) is 6.36. The first-order valence-electron chi connectivity index (χ1n) is 2.51. The van der Waals surface area contributed by atoms with Gasteiger partial charge in [-0.3, -0.25) is 0 Å². The van der Waals surface area contributed by atoms with Gasteiger partial charge in [-0.2, -0.15) is 0 Å². The molecule has 0 bridgehead atoms. The second-order valence-electron chi connectivity index (χ2n) is 1.35. The molecule has 0 amide bonds. The van der Waals surface area contributed by atoms with Crippen LogP contribution in [0.4, 0.5) is 0 Å². The molecular weight excluding hydrogens is 306 g/mol. The Kier molecular flexibility index (Phi) is 15.0. The molecular formula is C4H2O8S2Zn. The standard InChI is InChI=1S/2C2H2O4S.Zn/c2*3-1(4)2(5)7-6;/h2*5H,(H,3,4);/q;;+2/p-2. The van der Waals surface area contributed by atoms with Gasteiger partial charge in [-0.25, -0.2) is 8.42 Å². The molecule has 11 heteroatoms. The Labute approximate surface area is 102 Å². The SMILES string of the molecule is O=S=C(O)C(=O)[O-].O=S=C(O)C(=O)[O-].[Zn+2]. The molecule has 0 unspecified atom stereocenters. The number of carbonyl (C=O) groups excluding carboxylic acids is 2. The number of aliphatic carboxylic acids is 2. The topological polar surface area (TPSA) is 155 Å². The molecule has 0 spiro atoms. The van der Waals surface area contributed by atoms with Crippen LogP contribution in [-0.2, 0) is 51.6 Å². The van der Waals surface area contributed by atoms with Gasteiger partial charge in [0.1, 0.15) is 34.4 Å². The van der Waals surface area contributed by atoms with Crippen LogP contribution >= 0.6 is 0 Å². The van der Waals surface area contributed by atoms with Crippen LogP contribution < -0.4 is 10.2 Å². The van der Waals surface area contributed by atoms with E-state index in [1.165, 1.54) is 0 Å². The number of carboxylic acids is 2. The molecule has 0 aromatic rings. The van der Waals surface area contributed by atoms with Gasteiger partial charge >= 0.3 is 19.5 Å². The summed E-state index contributed by atoms with van der Waals surface area (Å²) in [6.07, 6.45) is 0. The van der Waals surface area contributed by atoms with Crippen LogP contribution in [0.5, 0.6) is 0 Å². The molecule has 80 valence electrons. The zero-order chi connectivity index (χ0) is 11.7. The Hall–Kier alpha value is -0.737. The van der Waals surface area contributed by atoms with Crippen molar-refractivity contribution in [2.45, 2.75) is 0 Å².